The van der Waals surface area contributed by atoms with Crippen molar-refractivity contribution < 1.29 is 0 Å². The highest BCUT2D eigenvalue weighted by atomic mass is 15.3. The molecule has 1 N–H and O–H groups in total. The van der Waals surface area contributed by atoms with Crippen molar-refractivity contribution in [2.45, 2.75) is 31.3 Å². The molecule has 1 aliphatic heterocycles. The van der Waals surface area contributed by atoms with Gasteiger partial charge in [0.05, 0.1) is 0 Å². The maximum atomic E-state index is 4.40. The van der Waals surface area contributed by atoms with Gasteiger partial charge in [-0.15, -0.1) is 0 Å². The number of aromatic amines is 1. The van der Waals surface area contributed by atoms with Crippen LogP contribution < -0.4 is 0 Å². The number of aromatic nitrogens is 3. The van der Waals surface area contributed by atoms with Gasteiger partial charge in [0.1, 0.15) is 0 Å². The molecule has 0 amide bonds. The lowest BCUT2D eigenvalue weighted by Gasteiger charge is -2.45. The van der Waals surface area contributed by atoms with Crippen molar-refractivity contribution >= 4 is 10.9 Å². The molecule has 1 saturated heterocycles. The first-order valence-electron chi connectivity index (χ1n) is 8.56. The molecule has 0 unspecified atom stereocenters. The van der Waals surface area contributed by atoms with Crippen molar-refractivity contribution in [3.8, 4) is 0 Å². The number of nitrogens with zero attached hydrogens (tertiary/aromatic N) is 3. The Hall–Kier alpha value is -2.07. The molecule has 1 fully saturated rings. The third kappa shape index (κ3) is 2.05. The Bertz CT molecular complexity index is 832. The Kier molecular flexibility index (Phi) is 2.89. The number of rotatable bonds is 2. The van der Waals surface area contributed by atoms with E-state index in [1.54, 1.807) is 5.56 Å². The van der Waals surface area contributed by atoms with E-state index >= 15 is 0 Å². The molecule has 3 atom stereocenters. The average Bonchev–Trinajstić information content (AvgIpc) is 3.20. The molecule has 0 spiro atoms. The largest absolute Gasteiger partial charge is 0.361 e. The van der Waals surface area contributed by atoms with Crippen molar-refractivity contribution in [3.63, 3.8) is 0 Å². The van der Waals surface area contributed by atoms with E-state index < -0.39 is 0 Å². The van der Waals surface area contributed by atoms with Crippen LogP contribution in [0.3, 0.4) is 0 Å². The van der Waals surface area contributed by atoms with E-state index in [0.717, 1.165) is 13.1 Å². The Morgan fingerprint density at radius 3 is 3.13 bits per heavy atom. The fourth-order valence-electron chi connectivity index (χ4n) is 4.86. The van der Waals surface area contributed by atoms with E-state index in [9.17, 15) is 0 Å². The molecule has 0 bridgehead atoms. The van der Waals surface area contributed by atoms with Crippen molar-refractivity contribution in [2.24, 2.45) is 5.92 Å². The SMILES string of the molecule is CN1C[C@H](Cn2cccn2)C[C@@H]2c3cccc4[nH]cc(c34)C[C@H]21. The molecule has 2 aliphatic rings. The van der Waals surface area contributed by atoms with Crippen LogP contribution in [0.15, 0.2) is 42.9 Å². The Labute approximate surface area is 136 Å². The maximum absolute atomic E-state index is 4.40. The van der Waals surface area contributed by atoms with Crippen LogP contribution in [0.1, 0.15) is 23.5 Å². The summed E-state index contributed by atoms with van der Waals surface area (Å²) in [6.07, 6.45) is 8.61. The Balaban J connectivity index is 1.52. The smallest absolute Gasteiger partial charge is 0.0489 e. The number of benzene rings is 1. The molecule has 3 heterocycles. The molecule has 4 heteroatoms. The normalized spacial score (nSPS) is 27.3. The monoisotopic (exact) mass is 306 g/mol. The molecule has 118 valence electrons. The summed E-state index contributed by atoms with van der Waals surface area (Å²) in [7, 11) is 2.30. The average molecular weight is 306 g/mol. The second-order valence-electron chi connectivity index (χ2n) is 7.23. The number of piperidine rings is 1. The number of likely N-dealkylation sites (N-methyl/N-ethyl adjacent to an activating group) is 1. The fourth-order valence-corrected chi connectivity index (χ4v) is 4.86. The van der Waals surface area contributed by atoms with E-state index in [0.29, 0.717) is 17.9 Å². The number of hydrogen-bond acceptors (Lipinski definition) is 2. The third-order valence-electron chi connectivity index (χ3n) is 5.82. The lowest BCUT2D eigenvalue weighted by atomic mass is 9.72. The molecule has 5 rings (SSSR count). The topological polar surface area (TPSA) is 36.9 Å². The van der Waals surface area contributed by atoms with Gasteiger partial charge in [-0.3, -0.25) is 4.68 Å². The zero-order valence-corrected chi connectivity index (χ0v) is 13.4. The Morgan fingerprint density at radius 2 is 2.26 bits per heavy atom. The van der Waals surface area contributed by atoms with E-state index in [-0.39, 0.29) is 0 Å². The van der Waals surface area contributed by atoms with E-state index in [4.69, 9.17) is 0 Å². The van der Waals surface area contributed by atoms with Gasteiger partial charge in [-0.2, -0.15) is 5.10 Å². The lowest BCUT2D eigenvalue weighted by Crippen LogP contribution is -2.48. The van der Waals surface area contributed by atoms with Crippen LogP contribution in [-0.2, 0) is 13.0 Å². The maximum Gasteiger partial charge on any atom is 0.0489 e. The second-order valence-corrected chi connectivity index (χ2v) is 7.23. The summed E-state index contributed by atoms with van der Waals surface area (Å²) in [5.74, 6) is 1.30. The predicted octanol–water partition coefficient (Wildman–Crippen LogP) is 3.02. The van der Waals surface area contributed by atoms with Crippen LogP contribution in [-0.4, -0.2) is 39.3 Å². The van der Waals surface area contributed by atoms with Crippen molar-refractivity contribution in [1.29, 1.82) is 0 Å². The molecular formula is C19H22N4. The first-order valence-corrected chi connectivity index (χ1v) is 8.56. The van der Waals surface area contributed by atoms with Gasteiger partial charge in [-0.25, -0.2) is 0 Å². The molecule has 4 nitrogen and oxygen atoms in total. The molecule has 0 saturated carbocycles. The van der Waals surface area contributed by atoms with Crippen LogP contribution >= 0.6 is 0 Å². The van der Waals surface area contributed by atoms with Crippen molar-refractivity contribution in [1.82, 2.24) is 19.7 Å². The number of hydrogen-bond donors (Lipinski definition) is 1. The number of fused-ring (bicyclic) bond motifs is 2. The lowest BCUT2D eigenvalue weighted by molar-refractivity contribution is 0.102. The highest BCUT2D eigenvalue weighted by Crippen LogP contribution is 2.44. The minimum absolute atomic E-state index is 0.637. The molecule has 3 aromatic rings. The van der Waals surface area contributed by atoms with E-state index in [2.05, 4.69) is 57.3 Å². The van der Waals surface area contributed by atoms with Gasteiger partial charge in [0, 0.05) is 54.5 Å². The van der Waals surface area contributed by atoms with Gasteiger partial charge in [-0.05, 0) is 49.1 Å². The van der Waals surface area contributed by atoms with Crippen LogP contribution in [0.2, 0.25) is 0 Å². The fraction of sp³-hybridized carbons (Fsp3) is 0.421. The predicted molar refractivity (Wildman–Crippen MR) is 91.5 cm³/mol. The van der Waals surface area contributed by atoms with Gasteiger partial charge >= 0.3 is 0 Å². The number of nitrogens with one attached hydrogen (secondary N) is 1. The minimum Gasteiger partial charge on any atom is -0.361 e. The standard InChI is InChI=1S/C19H22N4/c1-22-11-13(12-23-7-3-6-21-23)8-16-15-4-2-5-17-19(15)14(10-20-17)9-18(16)22/h2-7,10,13,16,18,20H,8-9,11-12H2,1H3/t13-,16-,18-/m1/s1. The minimum atomic E-state index is 0.637. The highest BCUT2D eigenvalue weighted by Gasteiger charge is 2.39. The van der Waals surface area contributed by atoms with Crippen LogP contribution in [0.5, 0.6) is 0 Å². The summed E-state index contributed by atoms with van der Waals surface area (Å²) in [6.45, 7) is 2.19. The van der Waals surface area contributed by atoms with Gasteiger partial charge in [0.15, 0.2) is 0 Å². The first kappa shape index (κ1) is 13.4. The molecule has 0 radical (unpaired) electrons. The summed E-state index contributed by atoms with van der Waals surface area (Å²) < 4.78 is 2.09. The van der Waals surface area contributed by atoms with Gasteiger partial charge in [0.25, 0.3) is 0 Å². The summed E-state index contributed by atoms with van der Waals surface area (Å²) in [6, 6.07) is 9.41. The highest BCUT2D eigenvalue weighted by molar-refractivity contribution is 5.88. The number of likely N-dealkylation sites (tertiary alicyclic amines) is 1. The summed E-state index contributed by atoms with van der Waals surface area (Å²) in [5.41, 5.74) is 4.34. The molecule has 1 aromatic carbocycles. The van der Waals surface area contributed by atoms with Crippen LogP contribution in [0.25, 0.3) is 10.9 Å². The molecule has 2 aromatic heterocycles. The van der Waals surface area contributed by atoms with Gasteiger partial charge in [0.2, 0.25) is 0 Å². The third-order valence-corrected chi connectivity index (χ3v) is 5.82. The zero-order chi connectivity index (χ0) is 15.4. The molecule has 1 aliphatic carbocycles. The Morgan fingerprint density at radius 1 is 1.30 bits per heavy atom. The van der Waals surface area contributed by atoms with Gasteiger partial charge in [-0.1, -0.05) is 12.1 Å². The summed E-state index contributed by atoms with van der Waals surface area (Å²) in [5, 5.41) is 5.89. The molecular weight excluding hydrogens is 284 g/mol. The second kappa shape index (κ2) is 4.96. The van der Waals surface area contributed by atoms with Crippen LogP contribution in [0.4, 0.5) is 0 Å². The van der Waals surface area contributed by atoms with Crippen molar-refractivity contribution in [2.75, 3.05) is 13.6 Å². The van der Waals surface area contributed by atoms with E-state index in [1.807, 2.05) is 12.3 Å². The van der Waals surface area contributed by atoms with Crippen LogP contribution in [0, 0.1) is 5.92 Å². The van der Waals surface area contributed by atoms with Crippen molar-refractivity contribution in [3.05, 3.63) is 54.0 Å². The summed E-state index contributed by atoms with van der Waals surface area (Å²) >= 11 is 0. The van der Waals surface area contributed by atoms with Gasteiger partial charge < -0.3 is 9.88 Å². The number of H-pyrrole nitrogens is 1. The zero-order valence-electron chi connectivity index (χ0n) is 13.4. The van der Waals surface area contributed by atoms with E-state index in [1.165, 1.54) is 29.3 Å². The molecule has 23 heavy (non-hydrogen) atoms. The quantitative estimate of drug-likeness (QED) is 0.790. The first-order chi connectivity index (χ1) is 11.3. The summed E-state index contributed by atoms with van der Waals surface area (Å²) in [4.78, 5) is 6.04.